The molecule has 0 aromatic heterocycles. The summed E-state index contributed by atoms with van der Waals surface area (Å²) >= 11 is 0. The molecule has 0 radical (unpaired) electrons. The summed E-state index contributed by atoms with van der Waals surface area (Å²) in [5.74, 6) is -0.290. The van der Waals surface area contributed by atoms with Gasteiger partial charge in [-0.05, 0) is 37.3 Å². The van der Waals surface area contributed by atoms with Gasteiger partial charge in [0, 0.05) is 13.7 Å². The third-order valence-corrected chi connectivity index (χ3v) is 4.02. The number of nitrogens with two attached hydrogens (primary N) is 1. The number of rotatable bonds is 6. The van der Waals surface area contributed by atoms with Crippen molar-refractivity contribution in [2.75, 3.05) is 20.3 Å². The van der Waals surface area contributed by atoms with Gasteiger partial charge in [0.05, 0.1) is 18.7 Å². The highest BCUT2D eigenvalue weighted by molar-refractivity contribution is 5.82. The zero-order valence-electron chi connectivity index (χ0n) is 12.4. The number of hydrogen-bond acceptors (Lipinski definition) is 3. The maximum atomic E-state index is 13.6. The molecule has 2 rings (SSSR count). The molecule has 1 fully saturated rings. The largest absolute Gasteiger partial charge is 0.383 e. The SMILES string of the molecule is COCC1CCCN1C(=O)C(N)CCc1ccccc1F. The zero-order valence-corrected chi connectivity index (χ0v) is 12.4. The van der Waals surface area contributed by atoms with Crippen molar-refractivity contribution in [3.63, 3.8) is 0 Å². The minimum atomic E-state index is -0.581. The van der Waals surface area contributed by atoms with Gasteiger partial charge in [-0.25, -0.2) is 4.39 Å². The second-order valence-electron chi connectivity index (χ2n) is 5.52. The number of ether oxygens (including phenoxy) is 1. The van der Waals surface area contributed by atoms with E-state index in [1.165, 1.54) is 6.07 Å². The van der Waals surface area contributed by atoms with Crippen LogP contribution >= 0.6 is 0 Å². The number of aryl methyl sites for hydroxylation is 1. The van der Waals surface area contributed by atoms with Gasteiger partial charge in [0.2, 0.25) is 5.91 Å². The molecule has 116 valence electrons. The van der Waals surface area contributed by atoms with Crippen LogP contribution < -0.4 is 5.73 Å². The van der Waals surface area contributed by atoms with Gasteiger partial charge < -0.3 is 15.4 Å². The van der Waals surface area contributed by atoms with Crippen LogP contribution in [0.5, 0.6) is 0 Å². The second-order valence-corrected chi connectivity index (χ2v) is 5.52. The number of hydrogen-bond donors (Lipinski definition) is 1. The van der Waals surface area contributed by atoms with Gasteiger partial charge >= 0.3 is 0 Å². The van der Waals surface area contributed by atoms with Crippen molar-refractivity contribution in [2.45, 2.75) is 37.8 Å². The predicted molar refractivity (Wildman–Crippen MR) is 79.3 cm³/mol. The standard InChI is InChI=1S/C16H23FN2O2/c1-21-11-13-6-4-10-19(13)16(20)15(18)9-8-12-5-2-3-7-14(12)17/h2-3,5,7,13,15H,4,6,8-11,18H2,1H3. The molecule has 1 aromatic carbocycles. The van der Waals surface area contributed by atoms with E-state index in [4.69, 9.17) is 10.5 Å². The number of likely N-dealkylation sites (tertiary alicyclic amines) is 1. The molecule has 0 spiro atoms. The van der Waals surface area contributed by atoms with Crippen molar-refractivity contribution in [1.82, 2.24) is 4.90 Å². The van der Waals surface area contributed by atoms with Crippen LogP contribution in [0.3, 0.4) is 0 Å². The number of methoxy groups -OCH3 is 1. The lowest BCUT2D eigenvalue weighted by molar-refractivity contribution is -0.134. The Morgan fingerprint density at radius 3 is 3.00 bits per heavy atom. The maximum absolute atomic E-state index is 13.6. The van der Waals surface area contributed by atoms with Gasteiger partial charge in [0.25, 0.3) is 0 Å². The molecule has 1 amide bonds. The van der Waals surface area contributed by atoms with E-state index >= 15 is 0 Å². The first-order valence-electron chi connectivity index (χ1n) is 7.42. The van der Waals surface area contributed by atoms with Crippen LogP contribution in [0.1, 0.15) is 24.8 Å². The summed E-state index contributed by atoms with van der Waals surface area (Å²) in [6.07, 6.45) is 2.87. The number of carbonyl (C=O) groups is 1. The van der Waals surface area contributed by atoms with Gasteiger partial charge in [-0.1, -0.05) is 18.2 Å². The van der Waals surface area contributed by atoms with Crippen molar-refractivity contribution >= 4 is 5.91 Å². The molecule has 1 aliphatic heterocycles. The van der Waals surface area contributed by atoms with E-state index in [0.717, 1.165) is 19.4 Å². The first kappa shape index (κ1) is 15.9. The second kappa shape index (κ2) is 7.52. The van der Waals surface area contributed by atoms with E-state index in [9.17, 15) is 9.18 Å². The molecule has 0 aliphatic carbocycles. The van der Waals surface area contributed by atoms with Crippen molar-refractivity contribution in [1.29, 1.82) is 0 Å². The first-order valence-corrected chi connectivity index (χ1v) is 7.42. The Morgan fingerprint density at radius 1 is 1.52 bits per heavy atom. The number of benzene rings is 1. The number of halogens is 1. The number of amides is 1. The molecule has 21 heavy (non-hydrogen) atoms. The highest BCUT2D eigenvalue weighted by Crippen LogP contribution is 2.19. The van der Waals surface area contributed by atoms with Crippen LogP contribution in [0.25, 0.3) is 0 Å². The quantitative estimate of drug-likeness (QED) is 0.869. The van der Waals surface area contributed by atoms with Crippen LogP contribution in [-0.2, 0) is 16.0 Å². The smallest absolute Gasteiger partial charge is 0.239 e. The van der Waals surface area contributed by atoms with Crippen LogP contribution in [0.15, 0.2) is 24.3 Å². The number of nitrogens with zero attached hydrogens (tertiary/aromatic N) is 1. The van der Waals surface area contributed by atoms with Crippen LogP contribution in [0, 0.1) is 5.82 Å². The van der Waals surface area contributed by atoms with E-state index in [0.29, 0.717) is 25.0 Å². The van der Waals surface area contributed by atoms with Crippen molar-refractivity contribution in [2.24, 2.45) is 5.73 Å². The summed E-state index contributed by atoms with van der Waals surface area (Å²) in [6.45, 7) is 1.28. The predicted octanol–water partition coefficient (Wildman–Crippen LogP) is 1.72. The first-order chi connectivity index (χ1) is 10.1. The Hall–Kier alpha value is -1.46. The fraction of sp³-hybridized carbons (Fsp3) is 0.562. The van der Waals surface area contributed by atoms with Gasteiger partial charge in [-0.15, -0.1) is 0 Å². The molecular formula is C16H23FN2O2. The normalized spacial score (nSPS) is 19.8. The topological polar surface area (TPSA) is 55.6 Å². The van der Waals surface area contributed by atoms with Crippen LogP contribution in [-0.4, -0.2) is 43.2 Å². The Labute approximate surface area is 125 Å². The van der Waals surface area contributed by atoms with Crippen LogP contribution in [0.4, 0.5) is 4.39 Å². The molecule has 1 aliphatic rings. The fourth-order valence-electron chi connectivity index (χ4n) is 2.84. The molecule has 2 N–H and O–H groups in total. The summed E-state index contributed by atoms with van der Waals surface area (Å²) in [4.78, 5) is 14.2. The van der Waals surface area contributed by atoms with E-state index in [1.807, 2.05) is 4.90 Å². The Morgan fingerprint density at radius 2 is 2.29 bits per heavy atom. The van der Waals surface area contributed by atoms with E-state index in [2.05, 4.69) is 0 Å². The summed E-state index contributed by atoms with van der Waals surface area (Å²) in [5.41, 5.74) is 6.61. The molecule has 4 nitrogen and oxygen atoms in total. The molecule has 1 aromatic rings. The minimum Gasteiger partial charge on any atom is -0.383 e. The summed E-state index contributed by atoms with van der Waals surface area (Å²) in [6, 6.07) is 6.15. The average molecular weight is 294 g/mol. The Kier molecular flexibility index (Phi) is 5.70. The molecule has 2 atom stereocenters. The molecule has 0 saturated carbocycles. The van der Waals surface area contributed by atoms with Crippen molar-refractivity contribution in [3.8, 4) is 0 Å². The maximum Gasteiger partial charge on any atom is 0.239 e. The van der Waals surface area contributed by atoms with E-state index < -0.39 is 6.04 Å². The van der Waals surface area contributed by atoms with Gasteiger partial charge in [0.15, 0.2) is 0 Å². The molecule has 5 heteroatoms. The fourth-order valence-corrected chi connectivity index (χ4v) is 2.84. The third-order valence-electron chi connectivity index (χ3n) is 4.02. The van der Waals surface area contributed by atoms with Gasteiger partial charge in [-0.2, -0.15) is 0 Å². The molecule has 0 bridgehead atoms. The molecule has 1 saturated heterocycles. The van der Waals surface area contributed by atoms with Crippen molar-refractivity contribution in [3.05, 3.63) is 35.6 Å². The monoisotopic (exact) mass is 294 g/mol. The average Bonchev–Trinajstić information content (AvgIpc) is 2.94. The summed E-state index contributed by atoms with van der Waals surface area (Å²) in [5, 5.41) is 0. The number of carbonyl (C=O) groups excluding carboxylic acids is 1. The lowest BCUT2D eigenvalue weighted by atomic mass is 10.0. The van der Waals surface area contributed by atoms with Crippen LogP contribution in [0.2, 0.25) is 0 Å². The van der Waals surface area contributed by atoms with E-state index in [-0.39, 0.29) is 17.8 Å². The third kappa shape index (κ3) is 4.02. The summed E-state index contributed by atoms with van der Waals surface area (Å²) in [7, 11) is 1.64. The zero-order chi connectivity index (χ0) is 15.2. The van der Waals surface area contributed by atoms with Gasteiger partial charge in [-0.3, -0.25) is 4.79 Å². The Bertz CT molecular complexity index is 481. The molecule has 1 heterocycles. The molecule has 2 unspecified atom stereocenters. The lowest BCUT2D eigenvalue weighted by Crippen LogP contribution is -2.47. The highest BCUT2D eigenvalue weighted by atomic mass is 19.1. The van der Waals surface area contributed by atoms with E-state index in [1.54, 1.807) is 25.3 Å². The minimum absolute atomic E-state index is 0.0501. The highest BCUT2D eigenvalue weighted by Gasteiger charge is 2.31. The Balaban J connectivity index is 1.89. The molecular weight excluding hydrogens is 271 g/mol. The van der Waals surface area contributed by atoms with Crippen molar-refractivity contribution < 1.29 is 13.9 Å². The van der Waals surface area contributed by atoms with Gasteiger partial charge in [0.1, 0.15) is 5.82 Å². The lowest BCUT2D eigenvalue weighted by Gasteiger charge is -2.27. The summed E-state index contributed by atoms with van der Waals surface area (Å²) < 4.78 is 18.7.